The Morgan fingerprint density at radius 3 is 2.23 bits per heavy atom. The van der Waals surface area contributed by atoms with Crippen molar-refractivity contribution in [1.29, 1.82) is 0 Å². The van der Waals surface area contributed by atoms with Crippen molar-refractivity contribution < 1.29 is 12.6 Å². The van der Waals surface area contributed by atoms with Crippen LogP contribution in [0.15, 0.2) is 53.4 Å². The molecule has 0 bridgehead atoms. The van der Waals surface area contributed by atoms with Crippen molar-refractivity contribution >= 4 is 15.8 Å². The number of nitrogens with zero attached hydrogens (tertiary/aromatic N) is 1. The van der Waals surface area contributed by atoms with Crippen molar-refractivity contribution in [3.63, 3.8) is 0 Å². The van der Waals surface area contributed by atoms with E-state index in [1.165, 1.54) is 0 Å². The first-order valence-corrected chi connectivity index (χ1v) is 8.73. The molecular weight excluding hydrogens is 298 g/mol. The molecule has 0 aliphatic carbocycles. The van der Waals surface area contributed by atoms with E-state index in [4.69, 9.17) is 4.18 Å². The highest BCUT2D eigenvalue weighted by atomic mass is 32.2. The lowest BCUT2D eigenvalue weighted by molar-refractivity contribution is 0.486. The molecule has 0 amide bonds. The van der Waals surface area contributed by atoms with Gasteiger partial charge in [0.2, 0.25) is 0 Å². The van der Waals surface area contributed by atoms with Crippen molar-refractivity contribution in [3.05, 3.63) is 54.1 Å². The van der Waals surface area contributed by atoms with Gasteiger partial charge in [-0.2, -0.15) is 8.42 Å². The summed E-state index contributed by atoms with van der Waals surface area (Å²) in [4.78, 5) is 2.29. The third-order valence-electron chi connectivity index (χ3n) is 3.46. The summed E-state index contributed by atoms with van der Waals surface area (Å²) in [7, 11) is -3.80. The second kappa shape index (κ2) is 6.83. The standard InChI is InChI=1S/C17H21NO3S/c1-4-18(5-2)15-7-6-8-16(13-15)21-22(19,20)17-11-9-14(3)10-12-17/h6-13H,4-5H2,1-3H3. The minimum Gasteiger partial charge on any atom is -0.379 e. The van der Waals surface area contributed by atoms with Crippen molar-refractivity contribution in [1.82, 2.24) is 0 Å². The van der Waals surface area contributed by atoms with Gasteiger partial charge in [0.15, 0.2) is 0 Å². The van der Waals surface area contributed by atoms with Crippen molar-refractivity contribution in [3.8, 4) is 5.75 Å². The molecule has 0 aliphatic rings. The van der Waals surface area contributed by atoms with E-state index in [0.717, 1.165) is 24.3 Å². The van der Waals surface area contributed by atoms with Gasteiger partial charge < -0.3 is 9.08 Å². The molecule has 5 heteroatoms. The monoisotopic (exact) mass is 319 g/mol. The lowest BCUT2D eigenvalue weighted by Crippen LogP contribution is -2.21. The molecule has 4 nitrogen and oxygen atoms in total. The molecule has 0 saturated heterocycles. The van der Waals surface area contributed by atoms with Crippen LogP contribution in [0.3, 0.4) is 0 Å². The Balaban J connectivity index is 2.26. The first-order chi connectivity index (χ1) is 10.5. The van der Waals surface area contributed by atoms with Gasteiger partial charge >= 0.3 is 10.1 Å². The Morgan fingerprint density at radius 2 is 1.64 bits per heavy atom. The SMILES string of the molecule is CCN(CC)c1cccc(OS(=O)(=O)c2ccc(C)cc2)c1. The van der Waals surface area contributed by atoms with Gasteiger partial charge in [0.1, 0.15) is 10.6 Å². The van der Waals surface area contributed by atoms with Crippen LogP contribution in [0.5, 0.6) is 5.75 Å². The number of anilines is 1. The number of hydrogen-bond donors (Lipinski definition) is 0. The Hall–Kier alpha value is -2.01. The summed E-state index contributed by atoms with van der Waals surface area (Å²) >= 11 is 0. The van der Waals surface area contributed by atoms with Crippen LogP contribution in [0.25, 0.3) is 0 Å². The molecule has 0 spiro atoms. The summed E-state index contributed by atoms with van der Waals surface area (Å²) in [6.07, 6.45) is 0. The predicted molar refractivity (Wildman–Crippen MR) is 89.0 cm³/mol. The maximum atomic E-state index is 12.3. The zero-order valence-corrected chi connectivity index (χ0v) is 13.9. The molecule has 0 N–H and O–H groups in total. The molecule has 0 unspecified atom stereocenters. The Kier molecular flexibility index (Phi) is 5.08. The third kappa shape index (κ3) is 3.80. The van der Waals surface area contributed by atoms with Crippen LogP contribution in [0.1, 0.15) is 19.4 Å². The maximum absolute atomic E-state index is 12.3. The molecule has 118 valence electrons. The molecule has 2 rings (SSSR count). The first-order valence-electron chi connectivity index (χ1n) is 7.32. The molecule has 0 heterocycles. The summed E-state index contributed by atoms with van der Waals surface area (Å²) in [6.45, 7) is 7.72. The van der Waals surface area contributed by atoms with E-state index < -0.39 is 10.1 Å². The van der Waals surface area contributed by atoms with Gasteiger partial charge in [-0.1, -0.05) is 23.8 Å². The van der Waals surface area contributed by atoms with Gasteiger partial charge in [0.25, 0.3) is 0 Å². The maximum Gasteiger partial charge on any atom is 0.339 e. The van der Waals surface area contributed by atoms with Gasteiger partial charge in [0.05, 0.1) is 0 Å². The van der Waals surface area contributed by atoms with Crippen LogP contribution in [-0.4, -0.2) is 21.5 Å². The second-order valence-corrected chi connectivity index (χ2v) is 6.57. The zero-order chi connectivity index (χ0) is 16.2. The number of rotatable bonds is 6. The summed E-state index contributed by atoms with van der Waals surface area (Å²) in [6, 6.07) is 13.8. The molecular formula is C17H21NO3S. The summed E-state index contributed by atoms with van der Waals surface area (Å²) in [5.74, 6) is 0.324. The van der Waals surface area contributed by atoms with E-state index >= 15 is 0 Å². The third-order valence-corrected chi connectivity index (χ3v) is 4.72. The van der Waals surface area contributed by atoms with Crippen LogP contribution >= 0.6 is 0 Å². The second-order valence-electron chi connectivity index (χ2n) is 5.02. The molecule has 0 atom stereocenters. The highest BCUT2D eigenvalue weighted by Gasteiger charge is 2.16. The topological polar surface area (TPSA) is 46.6 Å². The average molecular weight is 319 g/mol. The Morgan fingerprint density at radius 1 is 1.00 bits per heavy atom. The lowest BCUT2D eigenvalue weighted by Gasteiger charge is -2.21. The predicted octanol–water partition coefficient (Wildman–Crippen LogP) is 3.61. The fourth-order valence-electron chi connectivity index (χ4n) is 2.20. The van der Waals surface area contributed by atoms with E-state index in [0.29, 0.717) is 5.75 Å². The van der Waals surface area contributed by atoms with Gasteiger partial charge in [-0.15, -0.1) is 0 Å². The van der Waals surface area contributed by atoms with Crippen LogP contribution < -0.4 is 9.08 Å². The normalized spacial score (nSPS) is 11.2. The van der Waals surface area contributed by atoms with Crippen molar-refractivity contribution in [2.75, 3.05) is 18.0 Å². The molecule has 0 saturated carbocycles. The van der Waals surface area contributed by atoms with E-state index in [9.17, 15) is 8.42 Å². The summed E-state index contributed by atoms with van der Waals surface area (Å²) in [5, 5.41) is 0. The van der Waals surface area contributed by atoms with Gasteiger partial charge in [-0.05, 0) is 45.0 Å². The average Bonchev–Trinajstić information content (AvgIpc) is 2.49. The van der Waals surface area contributed by atoms with Crippen LogP contribution in [0, 0.1) is 6.92 Å². The van der Waals surface area contributed by atoms with Crippen molar-refractivity contribution in [2.45, 2.75) is 25.7 Å². The lowest BCUT2D eigenvalue weighted by atomic mass is 10.2. The van der Waals surface area contributed by atoms with Gasteiger partial charge in [-0.25, -0.2) is 0 Å². The zero-order valence-electron chi connectivity index (χ0n) is 13.1. The number of aryl methyl sites for hydroxylation is 1. The minimum atomic E-state index is -3.80. The molecule has 2 aromatic rings. The van der Waals surface area contributed by atoms with Crippen LogP contribution in [0.4, 0.5) is 5.69 Å². The number of benzene rings is 2. The van der Waals surface area contributed by atoms with Gasteiger partial charge in [0, 0.05) is 24.8 Å². The van der Waals surface area contributed by atoms with Crippen LogP contribution in [-0.2, 0) is 10.1 Å². The summed E-state index contributed by atoms with van der Waals surface area (Å²) < 4.78 is 29.8. The van der Waals surface area contributed by atoms with Crippen molar-refractivity contribution in [2.24, 2.45) is 0 Å². The number of hydrogen-bond acceptors (Lipinski definition) is 4. The molecule has 0 aromatic heterocycles. The fraction of sp³-hybridized carbons (Fsp3) is 0.294. The fourth-order valence-corrected chi connectivity index (χ4v) is 3.12. The van der Waals surface area contributed by atoms with E-state index in [1.807, 2.05) is 13.0 Å². The minimum absolute atomic E-state index is 0.159. The molecule has 0 aliphatic heterocycles. The molecule has 0 radical (unpaired) electrons. The van der Waals surface area contributed by atoms with Crippen LogP contribution in [0.2, 0.25) is 0 Å². The highest BCUT2D eigenvalue weighted by molar-refractivity contribution is 7.87. The smallest absolute Gasteiger partial charge is 0.339 e. The largest absolute Gasteiger partial charge is 0.379 e. The summed E-state index contributed by atoms with van der Waals surface area (Å²) in [5.41, 5.74) is 1.95. The van der Waals surface area contributed by atoms with Gasteiger partial charge in [-0.3, -0.25) is 0 Å². The Bertz CT molecular complexity index is 720. The quantitative estimate of drug-likeness (QED) is 0.763. The first kappa shape index (κ1) is 16.4. The van der Waals surface area contributed by atoms with E-state index in [-0.39, 0.29) is 4.90 Å². The highest BCUT2D eigenvalue weighted by Crippen LogP contribution is 2.24. The molecule has 2 aromatic carbocycles. The van der Waals surface area contributed by atoms with E-state index in [2.05, 4.69) is 18.7 Å². The Labute approximate surface area is 132 Å². The van der Waals surface area contributed by atoms with E-state index in [1.54, 1.807) is 42.5 Å². The molecule has 0 fully saturated rings. The molecule has 22 heavy (non-hydrogen) atoms.